The van der Waals surface area contributed by atoms with E-state index >= 15 is 0 Å². The predicted molar refractivity (Wildman–Crippen MR) is 80.6 cm³/mol. The van der Waals surface area contributed by atoms with Gasteiger partial charge < -0.3 is 10.2 Å². The zero-order valence-electron chi connectivity index (χ0n) is 12.3. The molecular formula is C17H24N2O. The van der Waals surface area contributed by atoms with Crippen LogP contribution in [0.1, 0.15) is 36.8 Å². The van der Waals surface area contributed by atoms with Crippen LogP contribution < -0.4 is 5.32 Å². The highest BCUT2D eigenvalue weighted by atomic mass is 16.2. The molecule has 1 aromatic carbocycles. The Hall–Kier alpha value is -1.35. The topological polar surface area (TPSA) is 32.3 Å². The van der Waals surface area contributed by atoms with Crippen LogP contribution in [-0.4, -0.2) is 36.0 Å². The van der Waals surface area contributed by atoms with Crippen molar-refractivity contribution in [1.82, 2.24) is 10.2 Å². The Morgan fingerprint density at radius 2 is 1.95 bits per heavy atom. The Labute approximate surface area is 121 Å². The van der Waals surface area contributed by atoms with Crippen LogP contribution in [-0.2, 0) is 11.2 Å². The van der Waals surface area contributed by atoms with Crippen LogP contribution in [0.25, 0.3) is 0 Å². The van der Waals surface area contributed by atoms with Gasteiger partial charge in [-0.2, -0.15) is 0 Å². The summed E-state index contributed by atoms with van der Waals surface area (Å²) in [5, 5.41) is 3.45. The highest BCUT2D eigenvalue weighted by Gasteiger charge is 2.37. The van der Waals surface area contributed by atoms with E-state index in [0.717, 1.165) is 25.9 Å². The molecule has 2 unspecified atom stereocenters. The van der Waals surface area contributed by atoms with Crippen molar-refractivity contribution in [3.63, 3.8) is 0 Å². The van der Waals surface area contributed by atoms with E-state index in [2.05, 4.69) is 41.4 Å². The minimum Gasteiger partial charge on any atom is -0.335 e. The van der Waals surface area contributed by atoms with Crippen molar-refractivity contribution in [1.29, 1.82) is 0 Å². The van der Waals surface area contributed by atoms with Crippen LogP contribution in [0, 0.1) is 6.92 Å². The first-order valence-corrected chi connectivity index (χ1v) is 7.81. The van der Waals surface area contributed by atoms with Crippen LogP contribution in [0.3, 0.4) is 0 Å². The molecule has 1 N–H and O–H groups in total. The molecule has 0 saturated carbocycles. The third-order valence-electron chi connectivity index (χ3n) is 4.69. The molecule has 3 heteroatoms. The van der Waals surface area contributed by atoms with Crippen molar-refractivity contribution < 1.29 is 4.79 Å². The summed E-state index contributed by atoms with van der Waals surface area (Å²) in [6.07, 6.45) is 5.00. The Morgan fingerprint density at radius 3 is 2.75 bits per heavy atom. The molecule has 2 aliphatic rings. The highest BCUT2D eigenvalue weighted by Crippen LogP contribution is 2.28. The van der Waals surface area contributed by atoms with E-state index in [1.807, 2.05) is 0 Å². The fraction of sp³-hybridized carbons (Fsp3) is 0.588. The molecule has 2 saturated heterocycles. The normalized spacial score (nSPS) is 25.6. The van der Waals surface area contributed by atoms with Crippen molar-refractivity contribution in [2.45, 2.75) is 51.1 Å². The van der Waals surface area contributed by atoms with E-state index in [1.165, 1.54) is 24.0 Å². The number of fused-ring (bicyclic) bond motifs is 2. The van der Waals surface area contributed by atoms with Crippen LogP contribution in [0.15, 0.2) is 24.3 Å². The molecule has 1 aromatic rings. The van der Waals surface area contributed by atoms with Crippen molar-refractivity contribution in [3.05, 3.63) is 35.4 Å². The summed E-state index contributed by atoms with van der Waals surface area (Å²) >= 11 is 0. The zero-order valence-corrected chi connectivity index (χ0v) is 12.3. The molecule has 2 heterocycles. The Kier molecular flexibility index (Phi) is 4.06. The number of rotatable bonds is 3. The molecular weight excluding hydrogens is 248 g/mol. The Morgan fingerprint density at radius 1 is 1.20 bits per heavy atom. The molecule has 2 aliphatic heterocycles. The average molecular weight is 272 g/mol. The fourth-order valence-electron chi connectivity index (χ4n) is 3.52. The molecule has 0 spiro atoms. The van der Waals surface area contributed by atoms with Gasteiger partial charge in [0, 0.05) is 25.0 Å². The van der Waals surface area contributed by atoms with Gasteiger partial charge in [-0.05, 0) is 44.7 Å². The summed E-state index contributed by atoms with van der Waals surface area (Å²) in [5.41, 5.74) is 2.54. The van der Waals surface area contributed by atoms with E-state index in [9.17, 15) is 4.79 Å². The first-order valence-electron chi connectivity index (χ1n) is 7.81. The van der Waals surface area contributed by atoms with E-state index in [4.69, 9.17) is 0 Å². The first kappa shape index (κ1) is 13.6. The number of nitrogens with zero attached hydrogens (tertiary/aromatic N) is 1. The quantitative estimate of drug-likeness (QED) is 0.915. The highest BCUT2D eigenvalue weighted by molar-refractivity contribution is 5.77. The van der Waals surface area contributed by atoms with Gasteiger partial charge >= 0.3 is 0 Å². The van der Waals surface area contributed by atoms with Gasteiger partial charge in [-0.15, -0.1) is 0 Å². The molecule has 2 bridgehead atoms. The molecule has 1 amide bonds. The minimum absolute atomic E-state index is 0.349. The average Bonchev–Trinajstić information content (AvgIpc) is 2.71. The second kappa shape index (κ2) is 5.96. The van der Waals surface area contributed by atoms with E-state index in [0.29, 0.717) is 24.4 Å². The summed E-state index contributed by atoms with van der Waals surface area (Å²) in [4.78, 5) is 14.7. The van der Waals surface area contributed by atoms with Gasteiger partial charge in [-0.25, -0.2) is 0 Å². The van der Waals surface area contributed by atoms with Gasteiger partial charge in [0.25, 0.3) is 0 Å². The lowest BCUT2D eigenvalue weighted by Crippen LogP contribution is -2.42. The second-order valence-electron chi connectivity index (χ2n) is 6.16. The van der Waals surface area contributed by atoms with E-state index < -0.39 is 0 Å². The first-order chi connectivity index (χ1) is 9.74. The summed E-state index contributed by atoms with van der Waals surface area (Å²) < 4.78 is 0. The lowest BCUT2D eigenvalue weighted by Gasteiger charge is -2.28. The standard InChI is InChI=1S/C17H24N2O/c1-13-2-4-14(5-3-13)6-9-17(20)19-15-7-8-16(19)12-18-11-10-15/h2-5,15-16,18H,6-12H2,1H3. The summed E-state index contributed by atoms with van der Waals surface area (Å²) in [5.74, 6) is 0.349. The number of benzene rings is 1. The largest absolute Gasteiger partial charge is 0.335 e. The number of carbonyl (C=O) groups excluding carboxylic acids is 1. The van der Waals surface area contributed by atoms with E-state index in [1.54, 1.807) is 0 Å². The zero-order chi connectivity index (χ0) is 13.9. The summed E-state index contributed by atoms with van der Waals surface area (Å²) in [7, 11) is 0. The molecule has 108 valence electrons. The third-order valence-corrected chi connectivity index (χ3v) is 4.69. The van der Waals surface area contributed by atoms with Crippen LogP contribution in [0.2, 0.25) is 0 Å². The predicted octanol–water partition coefficient (Wildman–Crippen LogP) is 2.28. The van der Waals surface area contributed by atoms with Gasteiger partial charge in [0.1, 0.15) is 0 Å². The fourth-order valence-corrected chi connectivity index (χ4v) is 3.52. The molecule has 0 aliphatic carbocycles. The number of carbonyl (C=O) groups is 1. The lowest BCUT2D eigenvalue weighted by atomic mass is 10.1. The van der Waals surface area contributed by atoms with Crippen LogP contribution in [0.4, 0.5) is 0 Å². The number of hydrogen-bond donors (Lipinski definition) is 1. The SMILES string of the molecule is Cc1ccc(CCC(=O)N2C3CCNCC2CC3)cc1. The lowest BCUT2D eigenvalue weighted by molar-refractivity contribution is -0.133. The van der Waals surface area contributed by atoms with Gasteiger partial charge in [0.15, 0.2) is 0 Å². The molecule has 0 radical (unpaired) electrons. The summed E-state index contributed by atoms with van der Waals surface area (Å²) in [6, 6.07) is 9.45. The third kappa shape index (κ3) is 2.88. The number of nitrogens with one attached hydrogen (secondary N) is 1. The van der Waals surface area contributed by atoms with Crippen molar-refractivity contribution in [3.8, 4) is 0 Å². The smallest absolute Gasteiger partial charge is 0.223 e. The molecule has 2 fully saturated rings. The maximum Gasteiger partial charge on any atom is 0.223 e. The molecule has 0 aromatic heterocycles. The Bertz CT molecular complexity index is 454. The van der Waals surface area contributed by atoms with Crippen LogP contribution in [0.5, 0.6) is 0 Å². The second-order valence-corrected chi connectivity index (χ2v) is 6.16. The van der Waals surface area contributed by atoms with Crippen molar-refractivity contribution in [2.75, 3.05) is 13.1 Å². The number of aryl methyl sites for hydroxylation is 2. The number of amides is 1. The minimum atomic E-state index is 0.349. The maximum atomic E-state index is 12.6. The molecule has 20 heavy (non-hydrogen) atoms. The van der Waals surface area contributed by atoms with Gasteiger partial charge in [0.05, 0.1) is 0 Å². The monoisotopic (exact) mass is 272 g/mol. The number of hydrogen-bond acceptors (Lipinski definition) is 2. The summed E-state index contributed by atoms with van der Waals surface area (Å²) in [6.45, 7) is 4.13. The van der Waals surface area contributed by atoms with E-state index in [-0.39, 0.29) is 0 Å². The molecule has 3 nitrogen and oxygen atoms in total. The maximum absolute atomic E-state index is 12.6. The molecule has 3 rings (SSSR count). The van der Waals surface area contributed by atoms with Gasteiger partial charge in [-0.1, -0.05) is 29.8 Å². The van der Waals surface area contributed by atoms with Crippen molar-refractivity contribution >= 4 is 5.91 Å². The van der Waals surface area contributed by atoms with Gasteiger partial charge in [-0.3, -0.25) is 4.79 Å². The van der Waals surface area contributed by atoms with Crippen molar-refractivity contribution in [2.24, 2.45) is 0 Å². The Balaban J connectivity index is 1.60. The van der Waals surface area contributed by atoms with Gasteiger partial charge in [0.2, 0.25) is 5.91 Å². The molecule has 2 atom stereocenters. The van der Waals surface area contributed by atoms with Crippen LogP contribution >= 0.6 is 0 Å².